The predicted molar refractivity (Wildman–Crippen MR) is 330 cm³/mol. The molecule has 2 aliphatic rings. The van der Waals surface area contributed by atoms with Gasteiger partial charge >= 0.3 is 0 Å². The van der Waals surface area contributed by atoms with Crippen molar-refractivity contribution in [2.45, 2.75) is 25.7 Å². The summed E-state index contributed by atoms with van der Waals surface area (Å²) in [5.41, 5.74) is 16.4. The molecule has 81 heavy (non-hydrogen) atoms. The van der Waals surface area contributed by atoms with Crippen molar-refractivity contribution in [3.63, 3.8) is 0 Å². The number of nitrogens with zero attached hydrogens (tertiary/aromatic N) is 10. The van der Waals surface area contributed by atoms with Crippen molar-refractivity contribution in [2.75, 3.05) is 112 Å². The van der Waals surface area contributed by atoms with Crippen LogP contribution in [0.5, 0.6) is 11.5 Å². The van der Waals surface area contributed by atoms with E-state index in [2.05, 4.69) is 111 Å². The van der Waals surface area contributed by atoms with E-state index in [9.17, 15) is 16.8 Å². The number of para-hydroxylation sites is 2. The van der Waals surface area contributed by atoms with Crippen LogP contribution in [0.2, 0.25) is 0 Å². The Labute approximate surface area is 479 Å². The minimum absolute atomic E-state index is 0.358. The number of aromatic nitrogens is 6. The van der Waals surface area contributed by atoms with Crippen LogP contribution in [0.3, 0.4) is 0 Å². The third-order valence-electron chi connectivity index (χ3n) is 14.2. The molecule has 5 N–H and O–H groups in total. The molecule has 23 heteroatoms. The van der Waals surface area contributed by atoms with Crippen LogP contribution in [-0.2, 0) is 33.2 Å². The molecule has 6 heterocycles. The highest BCUT2D eigenvalue weighted by molar-refractivity contribution is 8.16. The standard InChI is InChI=1S/C29H35N7O3S.C27H33N7O.C2H3ClO2S/c1-5-40(37,38)33-24-18-25(28(39-4)19-27(24)34(2)16-17-36-14-8-9-15-36)32-29-30-13-12-23(31-29)22-20-35(3)26-11-7-6-10-21(22)26;1-32(14-15-34-12-6-7-13-34)25-17-26(35-3)23(16-21(25)28)31-27-29-11-10-22(30-27)20-18-33(2)24-9-5-4-8-19(20)24;1-2-6(3,4)5/h5-7,10-13,18-20,33H,1,8-9,14-17H2,2-4H3,(H,30,31,32);4-5,8-11,16-18H,6-7,12-15,28H2,1-3H3,(H,29,30,31);2H,1H2. The molecule has 0 unspecified atom stereocenters. The monoisotopic (exact) mass is 1160 g/mol. The maximum absolute atomic E-state index is 12.5. The van der Waals surface area contributed by atoms with Gasteiger partial charge in [0.15, 0.2) is 0 Å². The molecule has 10 rings (SSSR count). The SMILES string of the molecule is C=CS(=O)(=O)Cl.C=CS(=O)(=O)Nc1cc(Nc2nccc(-c3cn(C)c4ccccc34)n2)c(OC)cc1N(C)CCN1CCCC1.COc1cc(N(C)CCN2CCCC2)c(N)cc1Nc1nccc(-c2cn(C)c3ccccc23)n1. The topological polar surface area (TPSA) is 223 Å². The van der Waals surface area contributed by atoms with Crippen molar-refractivity contribution in [1.82, 2.24) is 38.9 Å². The number of hydrogen-bond donors (Lipinski definition) is 4. The highest BCUT2D eigenvalue weighted by Crippen LogP contribution is 2.40. The fourth-order valence-electron chi connectivity index (χ4n) is 9.92. The number of anilines is 8. The summed E-state index contributed by atoms with van der Waals surface area (Å²) in [6.07, 6.45) is 12.6. The number of fused-ring (bicyclic) bond motifs is 2. The van der Waals surface area contributed by atoms with Crippen molar-refractivity contribution < 1.29 is 26.3 Å². The van der Waals surface area contributed by atoms with Gasteiger partial charge in [0, 0.05) is 146 Å². The first-order valence-electron chi connectivity index (χ1n) is 26.4. The zero-order valence-corrected chi connectivity index (χ0v) is 49.0. The van der Waals surface area contributed by atoms with E-state index in [4.69, 9.17) is 25.2 Å². The van der Waals surface area contributed by atoms with Crippen molar-refractivity contribution in [2.24, 2.45) is 14.1 Å². The van der Waals surface area contributed by atoms with Crippen LogP contribution in [0.15, 0.2) is 134 Å². The van der Waals surface area contributed by atoms with E-state index >= 15 is 0 Å². The summed E-state index contributed by atoms with van der Waals surface area (Å²) in [5, 5.41) is 10.4. The van der Waals surface area contributed by atoms with E-state index in [1.165, 1.54) is 38.8 Å². The van der Waals surface area contributed by atoms with Gasteiger partial charge in [-0.1, -0.05) is 49.6 Å². The molecule has 2 fully saturated rings. The fraction of sp³-hybridized carbons (Fsp3) is 0.310. The second-order valence-corrected chi connectivity index (χ2v) is 23.9. The average molecular weight is 1160 g/mol. The van der Waals surface area contributed by atoms with E-state index in [1.807, 2.05) is 86.8 Å². The lowest BCUT2D eigenvalue weighted by atomic mass is 10.1. The molecule has 0 aliphatic carbocycles. The lowest BCUT2D eigenvalue weighted by Gasteiger charge is -2.26. The van der Waals surface area contributed by atoms with Crippen molar-refractivity contribution in [3.8, 4) is 34.0 Å². The van der Waals surface area contributed by atoms with Gasteiger partial charge in [-0.05, 0) is 88.3 Å². The molecular weight excluding hydrogens is 1090 g/mol. The number of nitrogens with one attached hydrogen (secondary N) is 3. The fourth-order valence-corrected chi connectivity index (χ4v) is 10.5. The van der Waals surface area contributed by atoms with Gasteiger partial charge in [0.2, 0.25) is 11.9 Å². The minimum Gasteiger partial charge on any atom is -0.494 e. The molecule has 0 atom stereocenters. The summed E-state index contributed by atoms with van der Waals surface area (Å²) >= 11 is 0. The quantitative estimate of drug-likeness (QED) is 0.0412. The van der Waals surface area contributed by atoms with Crippen LogP contribution < -0.4 is 40.4 Å². The molecule has 0 bridgehead atoms. The maximum Gasteiger partial charge on any atom is 0.254 e. The first kappa shape index (κ1) is 59.2. The van der Waals surface area contributed by atoms with Crippen LogP contribution in [0.1, 0.15) is 25.7 Å². The number of likely N-dealkylation sites (tertiary alicyclic amines) is 2. The number of ether oxygens (including phenoxy) is 2. The lowest BCUT2D eigenvalue weighted by molar-refractivity contribution is 0.346. The van der Waals surface area contributed by atoms with Gasteiger partial charge in [-0.2, -0.15) is 0 Å². The first-order valence-corrected chi connectivity index (χ1v) is 30.4. The smallest absolute Gasteiger partial charge is 0.254 e. The highest BCUT2D eigenvalue weighted by Gasteiger charge is 2.21. The van der Waals surface area contributed by atoms with Crippen LogP contribution in [0.4, 0.5) is 46.0 Å². The van der Waals surface area contributed by atoms with Crippen LogP contribution in [-0.4, -0.2) is 136 Å². The zero-order valence-electron chi connectivity index (χ0n) is 46.6. The van der Waals surface area contributed by atoms with Gasteiger partial charge in [-0.15, -0.1) is 0 Å². The van der Waals surface area contributed by atoms with E-state index in [0.29, 0.717) is 51.6 Å². The van der Waals surface area contributed by atoms with Gasteiger partial charge < -0.3 is 54.6 Å². The Balaban J connectivity index is 0.000000194. The molecule has 0 amide bonds. The molecule has 8 aromatic rings. The highest BCUT2D eigenvalue weighted by atomic mass is 35.7. The number of nitrogens with two attached hydrogens (primary N) is 1. The number of rotatable bonds is 20. The molecule has 4 aromatic heterocycles. The number of hydrogen-bond acceptors (Lipinski definition) is 17. The van der Waals surface area contributed by atoms with Crippen LogP contribution >= 0.6 is 10.7 Å². The van der Waals surface area contributed by atoms with Gasteiger partial charge in [0.1, 0.15) is 11.5 Å². The van der Waals surface area contributed by atoms with Crippen molar-refractivity contribution >= 4 is 97.6 Å². The summed E-state index contributed by atoms with van der Waals surface area (Å²) in [6.45, 7) is 14.5. The number of nitrogen functional groups attached to an aromatic ring is 1. The Morgan fingerprint density at radius 1 is 0.642 bits per heavy atom. The predicted octanol–water partition coefficient (Wildman–Crippen LogP) is 10.0. The normalized spacial score (nSPS) is 13.7. The molecule has 2 aliphatic heterocycles. The van der Waals surface area contributed by atoms with Gasteiger partial charge in [0.05, 0.1) is 59.7 Å². The van der Waals surface area contributed by atoms with Gasteiger partial charge in [-0.3, -0.25) is 4.72 Å². The zero-order chi connectivity index (χ0) is 57.8. The third kappa shape index (κ3) is 15.1. The summed E-state index contributed by atoms with van der Waals surface area (Å²) in [7, 11) is 8.71. The molecule has 2 saturated heterocycles. The lowest BCUT2D eigenvalue weighted by Crippen LogP contribution is -2.32. The first-order chi connectivity index (χ1) is 38.9. The Kier molecular flexibility index (Phi) is 19.4. The molecule has 4 aromatic carbocycles. The van der Waals surface area contributed by atoms with Gasteiger partial charge in [-0.25, -0.2) is 36.8 Å². The Bertz CT molecular complexity index is 3720. The molecule has 0 radical (unpaired) electrons. The largest absolute Gasteiger partial charge is 0.494 e. The summed E-state index contributed by atoms with van der Waals surface area (Å²) in [6, 6.07) is 27.7. The average Bonchev–Trinajstić information content (AvgIpc) is 4.33. The summed E-state index contributed by atoms with van der Waals surface area (Å²) in [4.78, 5) is 27.6. The third-order valence-corrected chi connectivity index (χ3v) is 15.9. The second kappa shape index (κ2) is 26.6. The van der Waals surface area contributed by atoms with E-state index in [-0.39, 0.29) is 0 Å². The number of benzene rings is 4. The number of methoxy groups -OCH3 is 2. The van der Waals surface area contributed by atoms with Crippen molar-refractivity contribution in [3.05, 3.63) is 134 Å². The Hall–Kier alpha value is -7.89. The molecule has 428 valence electrons. The number of aryl methyl sites for hydroxylation is 2. The Morgan fingerprint density at radius 3 is 1.52 bits per heavy atom. The van der Waals surface area contributed by atoms with Crippen LogP contribution in [0.25, 0.3) is 44.3 Å². The van der Waals surface area contributed by atoms with E-state index in [1.54, 1.807) is 32.7 Å². The molecule has 20 nitrogen and oxygen atoms in total. The molecule has 0 spiro atoms. The van der Waals surface area contributed by atoms with E-state index < -0.39 is 19.1 Å². The van der Waals surface area contributed by atoms with Crippen LogP contribution in [0, 0.1) is 0 Å². The second-order valence-electron chi connectivity index (χ2n) is 19.7. The maximum atomic E-state index is 12.5. The number of halogens is 1. The van der Waals surface area contributed by atoms with E-state index in [0.717, 1.165) is 100 Å². The Morgan fingerprint density at radius 2 is 1.07 bits per heavy atom. The summed E-state index contributed by atoms with van der Waals surface area (Å²) < 4.78 is 62.6. The number of sulfonamides is 1. The number of likely N-dealkylation sites (N-methyl/N-ethyl adjacent to an activating group) is 2. The van der Waals surface area contributed by atoms with Gasteiger partial charge in [0.25, 0.3) is 19.1 Å². The van der Waals surface area contributed by atoms with Crippen molar-refractivity contribution in [1.29, 1.82) is 0 Å². The molecule has 0 saturated carbocycles. The minimum atomic E-state index is -3.75. The molecular formula is C58H71ClN14O6S2. The summed E-state index contributed by atoms with van der Waals surface area (Å²) in [5.74, 6) is 2.07.